The molecule has 0 atom stereocenters. The van der Waals surface area contributed by atoms with Gasteiger partial charge in [0, 0.05) is 5.92 Å². The second-order valence-electron chi connectivity index (χ2n) is 4.14. The van der Waals surface area contributed by atoms with E-state index in [0.29, 0.717) is 5.92 Å². The lowest BCUT2D eigenvalue weighted by Crippen LogP contribution is -2.12. The van der Waals surface area contributed by atoms with Gasteiger partial charge in [-0.25, -0.2) is 9.50 Å². The molecular formula is C11H12BrN3. The largest absolute Gasteiger partial charge is 0.231 e. The highest BCUT2D eigenvalue weighted by atomic mass is 79.9. The van der Waals surface area contributed by atoms with Gasteiger partial charge in [0.2, 0.25) is 0 Å². The van der Waals surface area contributed by atoms with Crippen molar-refractivity contribution in [1.82, 2.24) is 14.6 Å². The van der Waals surface area contributed by atoms with E-state index < -0.39 is 0 Å². The molecule has 1 aliphatic carbocycles. The lowest BCUT2D eigenvalue weighted by atomic mass is 9.83. The minimum atomic E-state index is 0.670. The van der Waals surface area contributed by atoms with Crippen LogP contribution >= 0.6 is 15.9 Å². The number of aromatic nitrogens is 3. The normalized spacial score (nSPS) is 16.9. The van der Waals surface area contributed by atoms with Crippen LogP contribution in [0, 0.1) is 6.92 Å². The highest BCUT2D eigenvalue weighted by Gasteiger charge is 2.21. The first-order valence-corrected chi connectivity index (χ1v) is 6.07. The predicted molar refractivity (Wildman–Crippen MR) is 62.0 cm³/mol. The molecule has 78 valence electrons. The maximum absolute atomic E-state index is 4.62. The Bertz CT molecular complexity index is 514. The average Bonchev–Trinajstić information content (AvgIpc) is 2.41. The van der Waals surface area contributed by atoms with E-state index >= 15 is 0 Å². The number of hydrogen-bond acceptors (Lipinski definition) is 2. The number of halogens is 1. The first kappa shape index (κ1) is 9.33. The molecule has 15 heavy (non-hydrogen) atoms. The van der Waals surface area contributed by atoms with Crippen molar-refractivity contribution in [3.05, 3.63) is 28.1 Å². The highest BCUT2D eigenvalue weighted by molar-refractivity contribution is 9.10. The van der Waals surface area contributed by atoms with E-state index in [4.69, 9.17) is 0 Å². The van der Waals surface area contributed by atoms with Gasteiger partial charge in [-0.1, -0.05) is 6.42 Å². The zero-order valence-electron chi connectivity index (χ0n) is 8.57. The average molecular weight is 266 g/mol. The topological polar surface area (TPSA) is 30.2 Å². The van der Waals surface area contributed by atoms with Crippen molar-refractivity contribution in [2.24, 2.45) is 0 Å². The summed E-state index contributed by atoms with van der Waals surface area (Å²) in [5, 5.41) is 4.62. The van der Waals surface area contributed by atoms with Crippen LogP contribution in [0.25, 0.3) is 5.65 Å². The monoisotopic (exact) mass is 265 g/mol. The third kappa shape index (κ3) is 1.39. The van der Waals surface area contributed by atoms with E-state index in [1.165, 1.54) is 25.0 Å². The van der Waals surface area contributed by atoms with Crippen molar-refractivity contribution in [2.75, 3.05) is 0 Å². The number of hydrogen-bond donors (Lipinski definition) is 0. The Morgan fingerprint density at radius 3 is 2.87 bits per heavy atom. The first-order chi connectivity index (χ1) is 7.25. The Kier molecular flexibility index (Phi) is 2.06. The number of rotatable bonds is 1. The summed E-state index contributed by atoms with van der Waals surface area (Å²) >= 11 is 3.51. The molecular weight excluding hydrogens is 254 g/mol. The molecule has 2 aromatic heterocycles. The molecule has 1 saturated carbocycles. The van der Waals surface area contributed by atoms with Gasteiger partial charge in [0.15, 0.2) is 5.65 Å². The Morgan fingerprint density at radius 1 is 1.40 bits per heavy atom. The Labute approximate surface area is 96.6 Å². The summed E-state index contributed by atoms with van der Waals surface area (Å²) < 4.78 is 2.86. The summed E-state index contributed by atoms with van der Waals surface area (Å²) in [6.07, 6.45) is 3.90. The van der Waals surface area contributed by atoms with Gasteiger partial charge in [-0.15, -0.1) is 0 Å². The molecule has 0 unspecified atom stereocenters. The number of imidazole rings is 1. The van der Waals surface area contributed by atoms with Crippen LogP contribution in [-0.4, -0.2) is 14.6 Å². The Balaban J connectivity index is 2.15. The lowest BCUT2D eigenvalue weighted by molar-refractivity contribution is 0.406. The third-order valence-corrected chi connectivity index (χ3v) is 4.04. The highest BCUT2D eigenvalue weighted by Crippen LogP contribution is 2.35. The van der Waals surface area contributed by atoms with Gasteiger partial charge in [0.1, 0.15) is 4.60 Å². The first-order valence-electron chi connectivity index (χ1n) is 5.27. The van der Waals surface area contributed by atoms with Gasteiger partial charge in [0.25, 0.3) is 0 Å². The van der Waals surface area contributed by atoms with Crippen LogP contribution in [0.4, 0.5) is 0 Å². The molecule has 1 fully saturated rings. The van der Waals surface area contributed by atoms with E-state index in [1.54, 1.807) is 0 Å². The minimum Gasteiger partial charge on any atom is -0.231 e. The molecule has 0 amide bonds. The van der Waals surface area contributed by atoms with Crippen molar-refractivity contribution in [2.45, 2.75) is 32.1 Å². The van der Waals surface area contributed by atoms with Gasteiger partial charge < -0.3 is 0 Å². The second kappa shape index (κ2) is 3.30. The van der Waals surface area contributed by atoms with E-state index in [1.807, 2.05) is 11.4 Å². The van der Waals surface area contributed by atoms with E-state index in [-0.39, 0.29) is 0 Å². The molecule has 0 radical (unpaired) electrons. The van der Waals surface area contributed by atoms with E-state index in [2.05, 4.69) is 38.1 Å². The van der Waals surface area contributed by atoms with Crippen LogP contribution in [-0.2, 0) is 0 Å². The SMILES string of the molecule is Cc1nc2ccc(C3CCC3)nn2c1Br. The van der Waals surface area contributed by atoms with Crippen molar-refractivity contribution in [3.63, 3.8) is 0 Å². The molecule has 0 bridgehead atoms. The Hall–Kier alpha value is -0.900. The molecule has 0 spiro atoms. The minimum absolute atomic E-state index is 0.670. The summed E-state index contributed by atoms with van der Waals surface area (Å²) in [5.41, 5.74) is 3.11. The van der Waals surface area contributed by atoms with Crippen molar-refractivity contribution in [3.8, 4) is 0 Å². The summed E-state index contributed by atoms with van der Waals surface area (Å²) in [5.74, 6) is 0.670. The molecule has 0 N–H and O–H groups in total. The summed E-state index contributed by atoms with van der Waals surface area (Å²) in [6.45, 7) is 1.99. The molecule has 4 heteroatoms. The fourth-order valence-corrected chi connectivity index (χ4v) is 2.30. The molecule has 0 aromatic carbocycles. The maximum Gasteiger partial charge on any atom is 0.155 e. The molecule has 3 rings (SSSR count). The van der Waals surface area contributed by atoms with Crippen molar-refractivity contribution < 1.29 is 0 Å². The standard InChI is InChI=1S/C11H12BrN3/c1-7-11(12)15-10(13-7)6-5-9(14-15)8-3-2-4-8/h5-6,8H,2-4H2,1H3. The maximum atomic E-state index is 4.62. The summed E-state index contributed by atoms with van der Waals surface area (Å²) in [4.78, 5) is 4.41. The van der Waals surface area contributed by atoms with Crippen LogP contribution < -0.4 is 0 Å². The van der Waals surface area contributed by atoms with Gasteiger partial charge in [-0.2, -0.15) is 5.10 Å². The molecule has 2 heterocycles. The molecule has 2 aromatic rings. The van der Waals surface area contributed by atoms with Gasteiger partial charge in [-0.3, -0.25) is 0 Å². The fourth-order valence-electron chi connectivity index (χ4n) is 1.95. The van der Waals surface area contributed by atoms with Crippen molar-refractivity contribution in [1.29, 1.82) is 0 Å². The molecule has 3 nitrogen and oxygen atoms in total. The molecule has 1 aliphatic rings. The quantitative estimate of drug-likeness (QED) is 0.794. The van der Waals surface area contributed by atoms with Crippen LogP contribution in [0.5, 0.6) is 0 Å². The molecule has 0 saturated heterocycles. The zero-order chi connectivity index (χ0) is 10.4. The Morgan fingerprint density at radius 2 is 2.20 bits per heavy atom. The lowest BCUT2D eigenvalue weighted by Gasteiger charge is -2.24. The number of fused-ring (bicyclic) bond motifs is 1. The predicted octanol–water partition coefficient (Wildman–Crippen LogP) is 3.07. The van der Waals surface area contributed by atoms with Gasteiger partial charge >= 0.3 is 0 Å². The number of aryl methyl sites for hydroxylation is 1. The van der Waals surface area contributed by atoms with Crippen LogP contribution in [0.2, 0.25) is 0 Å². The zero-order valence-corrected chi connectivity index (χ0v) is 10.2. The summed E-state index contributed by atoms with van der Waals surface area (Å²) in [7, 11) is 0. The van der Waals surface area contributed by atoms with Crippen LogP contribution in [0.15, 0.2) is 16.7 Å². The van der Waals surface area contributed by atoms with Crippen LogP contribution in [0.1, 0.15) is 36.6 Å². The van der Waals surface area contributed by atoms with E-state index in [9.17, 15) is 0 Å². The number of nitrogens with zero attached hydrogens (tertiary/aromatic N) is 3. The van der Waals surface area contributed by atoms with Crippen molar-refractivity contribution >= 4 is 21.6 Å². The van der Waals surface area contributed by atoms with Crippen LogP contribution in [0.3, 0.4) is 0 Å². The fraction of sp³-hybridized carbons (Fsp3) is 0.455. The summed E-state index contributed by atoms with van der Waals surface area (Å²) in [6, 6.07) is 4.16. The van der Waals surface area contributed by atoms with Gasteiger partial charge in [0.05, 0.1) is 11.4 Å². The second-order valence-corrected chi connectivity index (χ2v) is 4.90. The van der Waals surface area contributed by atoms with Gasteiger partial charge in [-0.05, 0) is 47.8 Å². The van der Waals surface area contributed by atoms with E-state index in [0.717, 1.165) is 15.9 Å². The smallest absolute Gasteiger partial charge is 0.155 e. The third-order valence-electron chi connectivity index (χ3n) is 3.13. The molecule has 0 aliphatic heterocycles.